The Kier molecular flexibility index (Phi) is 4.87. The lowest BCUT2D eigenvalue weighted by atomic mass is 10.2. The van der Waals surface area contributed by atoms with E-state index in [0.29, 0.717) is 22.2 Å². The van der Waals surface area contributed by atoms with E-state index >= 15 is 0 Å². The van der Waals surface area contributed by atoms with Crippen molar-refractivity contribution in [3.05, 3.63) is 39.6 Å². The van der Waals surface area contributed by atoms with E-state index in [1.807, 2.05) is 0 Å². The predicted molar refractivity (Wildman–Crippen MR) is 75.9 cm³/mol. The third-order valence-electron chi connectivity index (χ3n) is 2.38. The van der Waals surface area contributed by atoms with Gasteiger partial charge >= 0.3 is 0 Å². The van der Waals surface area contributed by atoms with Gasteiger partial charge < -0.3 is 19.1 Å². The van der Waals surface area contributed by atoms with Crippen LogP contribution in [-0.4, -0.2) is 23.3 Å². The number of benzene rings is 1. The number of nitrogens with zero attached hydrogens (tertiary/aromatic N) is 2. The minimum atomic E-state index is -1.34. The maximum atomic E-state index is 11.2. The van der Waals surface area contributed by atoms with Crippen LogP contribution in [-0.2, 0) is 4.79 Å². The van der Waals surface area contributed by atoms with Crippen LogP contribution in [0.5, 0.6) is 5.75 Å². The van der Waals surface area contributed by atoms with Crippen LogP contribution in [0.25, 0.3) is 6.08 Å². The molecule has 1 aromatic heterocycles. The number of thioether (sulfide) groups is 1. The van der Waals surface area contributed by atoms with Gasteiger partial charge in [-0.3, -0.25) is 0 Å². The monoisotopic (exact) mass is 325 g/mol. The first-order chi connectivity index (χ1) is 9.99. The molecule has 1 aromatic carbocycles. The van der Waals surface area contributed by atoms with Gasteiger partial charge in [-0.2, -0.15) is 0 Å². The SMILES string of the molecule is COc1ccc(/C=C(/Sc2nnc(C)o2)C(=O)[O-])cc1Cl. The van der Waals surface area contributed by atoms with E-state index < -0.39 is 5.97 Å². The third kappa shape index (κ3) is 3.99. The number of carbonyl (C=O) groups excluding carboxylic acids is 1. The zero-order valence-corrected chi connectivity index (χ0v) is 12.7. The number of carboxylic acid groups (broad SMARTS) is 1. The molecule has 0 bridgehead atoms. The van der Waals surface area contributed by atoms with Crippen LogP contribution in [0, 0.1) is 6.92 Å². The molecular formula is C13H10ClN2O4S-. The van der Waals surface area contributed by atoms with Crippen molar-refractivity contribution < 1.29 is 19.1 Å². The number of aliphatic carboxylic acids is 1. The Morgan fingerprint density at radius 1 is 1.48 bits per heavy atom. The molecule has 0 fully saturated rings. The van der Waals surface area contributed by atoms with Gasteiger partial charge in [0.2, 0.25) is 5.89 Å². The van der Waals surface area contributed by atoms with Crippen molar-refractivity contribution in [1.82, 2.24) is 10.2 Å². The van der Waals surface area contributed by atoms with Gasteiger partial charge in [-0.25, -0.2) is 0 Å². The zero-order chi connectivity index (χ0) is 15.4. The topological polar surface area (TPSA) is 88.3 Å². The van der Waals surface area contributed by atoms with Crippen LogP contribution >= 0.6 is 23.4 Å². The predicted octanol–water partition coefficient (Wildman–Crippen LogP) is 1.92. The minimum absolute atomic E-state index is 0.0696. The summed E-state index contributed by atoms with van der Waals surface area (Å²) in [7, 11) is 1.50. The van der Waals surface area contributed by atoms with Gasteiger partial charge in [0, 0.05) is 11.8 Å². The number of hydrogen-bond donors (Lipinski definition) is 0. The summed E-state index contributed by atoms with van der Waals surface area (Å²) in [6, 6.07) is 4.90. The summed E-state index contributed by atoms with van der Waals surface area (Å²) >= 11 is 6.80. The van der Waals surface area contributed by atoms with Crippen molar-refractivity contribution >= 4 is 35.4 Å². The number of carbonyl (C=O) groups is 1. The Morgan fingerprint density at radius 2 is 2.24 bits per heavy atom. The molecule has 110 valence electrons. The number of halogens is 1. The summed E-state index contributed by atoms with van der Waals surface area (Å²) in [6.45, 7) is 1.61. The number of methoxy groups -OCH3 is 1. The lowest BCUT2D eigenvalue weighted by molar-refractivity contribution is -0.298. The molecule has 0 unspecified atom stereocenters. The van der Waals surface area contributed by atoms with Gasteiger partial charge in [0.1, 0.15) is 5.75 Å². The molecule has 2 aromatic rings. The largest absolute Gasteiger partial charge is 0.544 e. The third-order valence-corrected chi connectivity index (χ3v) is 3.52. The summed E-state index contributed by atoms with van der Waals surface area (Å²) in [5, 5.41) is 19.0. The van der Waals surface area contributed by atoms with Crippen LogP contribution < -0.4 is 9.84 Å². The fourth-order valence-corrected chi connectivity index (χ4v) is 2.44. The average molecular weight is 326 g/mol. The maximum absolute atomic E-state index is 11.2. The molecule has 0 N–H and O–H groups in total. The van der Waals surface area contributed by atoms with Crippen molar-refractivity contribution in [1.29, 1.82) is 0 Å². The Labute approximate surface area is 129 Å². The van der Waals surface area contributed by atoms with E-state index in [-0.39, 0.29) is 10.1 Å². The van der Waals surface area contributed by atoms with Crippen LogP contribution in [0.1, 0.15) is 11.5 Å². The highest BCUT2D eigenvalue weighted by Gasteiger charge is 2.09. The van der Waals surface area contributed by atoms with Crippen LogP contribution in [0.2, 0.25) is 5.02 Å². The summed E-state index contributed by atoms with van der Waals surface area (Å²) in [6.07, 6.45) is 1.41. The van der Waals surface area contributed by atoms with Crippen molar-refractivity contribution in [2.75, 3.05) is 7.11 Å². The molecule has 0 spiro atoms. The van der Waals surface area contributed by atoms with E-state index in [4.69, 9.17) is 20.8 Å². The highest BCUT2D eigenvalue weighted by Crippen LogP contribution is 2.29. The second kappa shape index (κ2) is 6.64. The first kappa shape index (κ1) is 15.4. The Morgan fingerprint density at radius 3 is 2.76 bits per heavy atom. The maximum Gasteiger partial charge on any atom is 0.281 e. The van der Waals surface area contributed by atoms with Crippen LogP contribution in [0.3, 0.4) is 0 Å². The van der Waals surface area contributed by atoms with E-state index in [9.17, 15) is 9.90 Å². The number of hydrogen-bond acceptors (Lipinski definition) is 7. The zero-order valence-electron chi connectivity index (χ0n) is 11.1. The van der Waals surface area contributed by atoms with Gasteiger partial charge in [0.05, 0.1) is 18.1 Å². The van der Waals surface area contributed by atoms with Crippen LogP contribution in [0.4, 0.5) is 0 Å². The number of aryl methyl sites for hydroxylation is 1. The summed E-state index contributed by atoms with van der Waals surface area (Å²) in [4.78, 5) is 11.1. The number of carboxylic acids is 1. The Balaban J connectivity index is 2.29. The summed E-state index contributed by atoms with van der Waals surface area (Å²) < 4.78 is 10.2. The fraction of sp³-hybridized carbons (Fsp3) is 0.154. The quantitative estimate of drug-likeness (QED) is 0.613. The van der Waals surface area contributed by atoms with Crippen molar-refractivity contribution in [2.45, 2.75) is 12.1 Å². The molecule has 1 heterocycles. The van der Waals surface area contributed by atoms with Gasteiger partial charge in [-0.1, -0.05) is 17.7 Å². The van der Waals surface area contributed by atoms with Gasteiger partial charge in [-0.15, -0.1) is 10.2 Å². The molecule has 21 heavy (non-hydrogen) atoms. The van der Waals surface area contributed by atoms with E-state index in [1.165, 1.54) is 13.2 Å². The molecular weight excluding hydrogens is 316 g/mol. The molecule has 0 atom stereocenters. The van der Waals surface area contributed by atoms with E-state index in [1.54, 1.807) is 25.1 Å². The van der Waals surface area contributed by atoms with Crippen LogP contribution in [0.15, 0.2) is 32.7 Å². The Hall–Kier alpha value is -1.99. The van der Waals surface area contributed by atoms with Crippen molar-refractivity contribution in [3.8, 4) is 5.75 Å². The molecule has 0 saturated heterocycles. The first-order valence-electron chi connectivity index (χ1n) is 5.74. The number of aromatic nitrogens is 2. The number of ether oxygens (including phenoxy) is 1. The standard InChI is InChI=1S/C13H11ClN2O4S/c1-7-15-16-13(20-7)21-11(12(17)18)6-8-3-4-10(19-2)9(14)5-8/h3-6H,1-2H3,(H,17,18)/p-1/b11-6+. The highest BCUT2D eigenvalue weighted by molar-refractivity contribution is 8.03. The lowest BCUT2D eigenvalue weighted by Crippen LogP contribution is -2.23. The lowest BCUT2D eigenvalue weighted by Gasteiger charge is -2.07. The second-order valence-electron chi connectivity index (χ2n) is 3.88. The molecule has 2 rings (SSSR count). The highest BCUT2D eigenvalue weighted by atomic mass is 35.5. The molecule has 0 radical (unpaired) electrons. The van der Waals surface area contributed by atoms with Crippen molar-refractivity contribution in [3.63, 3.8) is 0 Å². The number of rotatable bonds is 5. The molecule has 0 amide bonds. The minimum Gasteiger partial charge on any atom is -0.544 e. The molecule has 0 saturated carbocycles. The smallest absolute Gasteiger partial charge is 0.281 e. The molecule has 8 heteroatoms. The molecule has 0 aliphatic carbocycles. The Bertz CT molecular complexity index is 699. The second-order valence-corrected chi connectivity index (χ2v) is 5.28. The van der Waals surface area contributed by atoms with Gasteiger partial charge in [0.15, 0.2) is 0 Å². The van der Waals surface area contributed by atoms with Gasteiger partial charge in [-0.05, 0) is 35.5 Å². The molecule has 6 nitrogen and oxygen atoms in total. The normalized spacial score (nSPS) is 11.5. The molecule has 0 aliphatic heterocycles. The fourth-order valence-electron chi connectivity index (χ4n) is 1.47. The summed E-state index contributed by atoms with van der Waals surface area (Å²) in [5.41, 5.74) is 0.587. The van der Waals surface area contributed by atoms with Crippen molar-refractivity contribution in [2.24, 2.45) is 0 Å². The van der Waals surface area contributed by atoms with E-state index in [0.717, 1.165) is 11.8 Å². The van der Waals surface area contributed by atoms with Gasteiger partial charge in [0.25, 0.3) is 5.22 Å². The summed E-state index contributed by atoms with van der Waals surface area (Å²) in [5.74, 6) is -0.491. The average Bonchev–Trinajstić information content (AvgIpc) is 2.83. The van der Waals surface area contributed by atoms with E-state index in [2.05, 4.69) is 10.2 Å². The molecule has 0 aliphatic rings. The first-order valence-corrected chi connectivity index (χ1v) is 6.93.